The SMILES string of the molecule is COc1cc(CNC(=O)[C@H](Cc2ccccc2)NC(=O)OCc2ccccc2)cc(OC)c1. The molecule has 3 rings (SSSR count). The maximum Gasteiger partial charge on any atom is 0.408 e. The smallest absolute Gasteiger partial charge is 0.408 e. The van der Waals surface area contributed by atoms with Gasteiger partial charge < -0.3 is 24.8 Å². The van der Waals surface area contributed by atoms with Crippen molar-refractivity contribution in [2.24, 2.45) is 0 Å². The van der Waals surface area contributed by atoms with Gasteiger partial charge >= 0.3 is 6.09 Å². The number of nitrogens with one attached hydrogen (secondary N) is 2. The second kappa shape index (κ2) is 12.1. The molecule has 0 radical (unpaired) electrons. The second-order valence-corrected chi connectivity index (χ2v) is 7.39. The van der Waals surface area contributed by atoms with E-state index in [0.29, 0.717) is 17.9 Å². The predicted molar refractivity (Wildman–Crippen MR) is 125 cm³/mol. The largest absolute Gasteiger partial charge is 0.497 e. The standard InChI is InChI=1S/C26H28N2O5/c1-31-22-13-21(14-23(16-22)32-2)17-27-25(29)24(15-19-9-5-3-6-10-19)28-26(30)33-18-20-11-7-4-8-12-20/h3-14,16,24H,15,17-18H2,1-2H3,(H,27,29)(H,28,30)/t24-/m0/s1. The lowest BCUT2D eigenvalue weighted by molar-refractivity contribution is -0.123. The van der Waals surface area contributed by atoms with Crippen molar-refractivity contribution in [1.29, 1.82) is 0 Å². The van der Waals surface area contributed by atoms with E-state index in [0.717, 1.165) is 16.7 Å². The Morgan fingerprint density at radius 3 is 1.94 bits per heavy atom. The summed E-state index contributed by atoms with van der Waals surface area (Å²) in [6.07, 6.45) is -0.327. The minimum Gasteiger partial charge on any atom is -0.497 e. The molecule has 2 N–H and O–H groups in total. The molecule has 0 bridgehead atoms. The zero-order valence-corrected chi connectivity index (χ0v) is 18.7. The first-order chi connectivity index (χ1) is 16.1. The Hall–Kier alpha value is -4.00. The minimum absolute atomic E-state index is 0.121. The molecule has 3 aromatic rings. The number of amides is 2. The van der Waals surface area contributed by atoms with Crippen molar-refractivity contribution >= 4 is 12.0 Å². The third kappa shape index (κ3) is 7.57. The molecule has 3 aromatic carbocycles. The van der Waals surface area contributed by atoms with Gasteiger partial charge in [-0.3, -0.25) is 4.79 Å². The van der Waals surface area contributed by atoms with Crippen molar-refractivity contribution in [2.45, 2.75) is 25.6 Å². The highest BCUT2D eigenvalue weighted by Gasteiger charge is 2.22. The van der Waals surface area contributed by atoms with E-state index < -0.39 is 12.1 Å². The summed E-state index contributed by atoms with van der Waals surface area (Å²) in [6, 6.07) is 23.4. The van der Waals surface area contributed by atoms with E-state index in [4.69, 9.17) is 14.2 Å². The van der Waals surface area contributed by atoms with E-state index in [-0.39, 0.29) is 19.1 Å². The minimum atomic E-state index is -0.803. The molecule has 33 heavy (non-hydrogen) atoms. The lowest BCUT2D eigenvalue weighted by Crippen LogP contribution is -2.48. The van der Waals surface area contributed by atoms with Gasteiger partial charge in [-0.2, -0.15) is 0 Å². The van der Waals surface area contributed by atoms with Crippen LogP contribution in [0.1, 0.15) is 16.7 Å². The third-order valence-corrected chi connectivity index (χ3v) is 4.98. The van der Waals surface area contributed by atoms with Crippen LogP contribution in [0.4, 0.5) is 4.79 Å². The topological polar surface area (TPSA) is 85.9 Å². The van der Waals surface area contributed by atoms with Crippen LogP contribution in [0.15, 0.2) is 78.9 Å². The van der Waals surface area contributed by atoms with Gasteiger partial charge in [-0.05, 0) is 28.8 Å². The molecule has 0 heterocycles. The fraction of sp³-hybridized carbons (Fsp3) is 0.231. The van der Waals surface area contributed by atoms with E-state index >= 15 is 0 Å². The quantitative estimate of drug-likeness (QED) is 0.492. The Kier molecular flexibility index (Phi) is 8.71. The molecule has 7 heteroatoms. The molecule has 0 spiro atoms. The molecular weight excluding hydrogens is 420 g/mol. The highest BCUT2D eigenvalue weighted by atomic mass is 16.5. The van der Waals surface area contributed by atoms with Gasteiger partial charge in [0.15, 0.2) is 0 Å². The molecule has 0 fully saturated rings. The van der Waals surface area contributed by atoms with Gasteiger partial charge in [-0.25, -0.2) is 4.79 Å². The molecule has 0 unspecified atom stereocenters. The van der Waals surface area contributed by atoms with E-state index in [9.17, 15) is 9.59 Å². The van der Waals surface area contributed by atoms with Crippen LogP contribution in [0.5, 0.6) is 11.5 Å². The van der Waals surface area contributed by atoms with Crippen LogP contribution >= 0.6 is 0 Å². The number of carbonyl (C=O) groups is 2. The van der Waals surface area contributed by atoms with Crippen molar-refractivity contribution in [3.05, 3.63) is 95.6 Å². The number of benzene rings is 3. The summed E-state index contributed by atoms with van der Waals surface area (Å²) < 4.78 is 15.9. The molecule has 0 aliphatic heterocycles. The average molecular weight is 449 g/mol. The molecule has 0 aliphatic rings. The first-order valence-electron chi connectivity index (χ1n) is 10.6. The lowest BCUT2D eigenvalue weighted by atomic mass is 10.1. The molecule has 0 saturated carbocycles. The molecular formula is C26H28N2O5. The zero-order valence-electron chi connectivity index (χ0n) is 18.7. The van der Waals surface area contributed by atoms with Crippen molar-refractivity contribution < 1.29 is 23.8 Å². The molecule has 2 amide bonds. The van der Waals surface area contributed by atoms with Crippen molar-refractivity contribution in [3.8, 4) is 11.5 Å². The number of hydrogen-bond acceptors (Lipinski definition) is 5. The first kappa shape index (κ1) is 23.7. The molecule has 1 atom stereocenters. The van der Waals surface area contributed by atoms with Gasteiger partial charge in [0.05, 0.1) is 14.2 Å². The monoisotopic (exact) mass is 448 g/mol. The van der Waals surface area contributed by atoms with Crippen LogP contribution in [0, 0.1) is 0 Å². The maximum atomic E-state index is 13.0. The van der Waals surface area contributed by atoms with Crippen molar-refractivity contribution in [3.63, 3.8) is 0 Å². The Labute approximate surface area is 193 Å². The van der Waals surface area contributed by atoms with E-state index in [1.54, 1.807) is 20.3 Å². The van der Waals surface area contributed by atoms with Crippen LogP contribution < -0.4 is 20.1 Å². The van der Waals surface area contributed by atoms with Gasteiger partial charge in [-0.15, -0.1) is 0 Å². The first-order valence-corrected chi connectivity index (χ1v) is 10.6. The lowest BCUT2D eigenvalue weighted by Gasteiger charge is -2.19. The Morgan fingerprint density at radius 2 is 1.36 bits per heavy atom. The fourth-order valence-electron chi connectivity index (χ4n) is 3.25. The van der Waals surface area contributed by atoms with E-state index in [1.165, 1.54) is 0 Å². The summed E-state index contributed by atoms with van der Waals surface area (Å²) >= 11 is 0. The Morgan fingerprint density at radius 1 is 0.788 bits per heavy atom. The van der Waals surface area contributed by atoms with Crippen LogP contribution in [-0.2, 0) is 29.1 Å². The Bertz CT molecular complexity index is 1020. The second-order valence-electron chi connectivity index (χ2n) is 7.39. The van der Waals surface area contributed by atoms with Crippen LogP contribution in [0.2, 0.25) is 0 Å². The number of ether oxygens (including phenoxy) is 3. The number of rotatable bonds is 10. The van der Waals surface area contributed by atoms with Gasteiger partial charge in [0, 0.05) is 19.0 Å². The maximum absolute atomic E-state index is 13.0. The normalized spacial score (nSPS) is 11.2. The number of hydrogen-bond donors (Lipinski definition) is 2. The summed E-state index contributed by atoms with van der Waals surface area (Å²) in [6.45, 7) is 0.369. The molecule has 0 aliphatic carbocycles. The zero-order chi connectivity index (χ0) is 23.5. The van der Waals surface area contributed by atoms with E-state index in [1.807, 2.05) is 72.8 Å². The average Bonchev–Trinajstić information content (AvgIpc) is 2.86. The van der Waals surface area contributed by atoms with Crippen molar-refractivity contribution in [1.82, 2.24) is 10.6 Å². The third-order valence-electron chi connectivity index (χ3n) is 4.98. The van der Waals surface area contributed by atoms with Crippen LogP contribution in [0.25, 0.3) is 0 Å². The number of methoxy groups -OCH3 is 2. The van der Waals surface area contributed by atoms with Gasteiger partial charge in [0.2, 0.25) is 5.91 Å². The molecule has 0 saturated heterocycles. The number of alkyl carbamates (subject to hydrolysis) is 1. The summed E-state index contributed by atoms with van der Waals surface area (Å²) in [4.78, 5) is 25.4. The summed E-state index contributed by atoms with van der Waals surface area (Å²) in [7, 11) is 3.13. The van der Waals surface area contributed by atoms with E-state index in [2.05, 4.69) is 10.6 Å². The summed E-state index contributed by atoms with van der Waals surface area (Å²) in [5, 5.41) is 5.58. The van der Waals surface area contributed by atoms with Gasteiger partial charge in [0.1, 0.15) is 24.1 Å². The van der Waals surface area contributed by atoms with Gasteiger partial charge in [0.25, 0.3) is 0 Å². The van der Waals surface area contributed by atoms with Crippen molar-refractivity contribution in [2.75, 3.05) is 14.2 Å². The van der Waals surface area contributed by atoms with Crippen LogP contribution in [-0.4, -0.2) is 32.3 Å². The molecule has 172 valence electrons. The molecule has 0 aromatic heterocycles. The summed E-state index contributed by atoms with van der Waals surface area (Å²) in [5.74, 6) is 0.932. The highest BCUT2D eigenvalue weighted by Crippen LogP contribution is 2.22. The predicted octanol–water partition coefficient (Wildman–Crippen LogP) is 3.86. The Balaban J connectivity index is 1.65. The summed E-state index contributed by atoms with van der Waals surface area (Å²) in [5.41, 5.74) is 2.59. The molecule has 7 nitrogen and oxygen atoms in total. The number of carbonyl (C=O) groups excluding carboxylic acids is 2. The van der Waals surface area contributed by atoms with Gasteiger partial charge in [-0.1, -0.05) is 60.7 Å². The van der Waals surface area contributed by atoms with Crippen LogP contribution in [0.3, 0.4) is 0 Å². The fourth-order valence-corrected chi connectivity index (χ4v) is 3.25. The highest BCUT2D eigenvalue weighted by molar-refractivity contribution is 5.85.